The van der Waals surface area contributed by atoms with Gasteiger partial charge in [0.25, 0.3) is 5.91 Å². The van der Waals surface area contributed by atoms with Gasteiger partial charge in [-0.25, -0.2) is 0 Å². The Balaban J connectivity index is 1.39. The van der Waals surface area contributed by atoms with Crippen LogP contribution in [0.15, 0.2) is 53.3 Å². The van der Waals surface area contributed by atoms with Crippen molar-refractivity contribution in [3.8, 4) is 11.4 Å². The maximum atomic E-state index is 12.6. The Bertz CT molecular complexity index is 936. The monoisotopic (exact) mass is 362 g/mol. The van der Waals surface area contributed by atoms with Crippen LogP contribution in [0, 0.1) is 0 Å². The van der Waals surface area contributed by atoms with Crippen molar-refractivity contribution in [2.45, 2.75) is 32.1 Å². The van der Waals surface area contributed by atoms with Gasteiger partial charge in [0.05, 0.1) is 5.92 Å². The molecule has 0 unspecified atom stereocenters. The highest BCUT2D eigenvalue weighted by Gasteiger charge is 2.36. The predicted molar refractivity (Wildman–Crippen MR) is 101 cm³/mol. The van der Waals surface area contributed by atoms with Crippen molar-refractivity contribution < 1.29 is 9.32 Å². The number of likely N-dealkylation sites (tertiary alicyclic amines) is 1. The Labute approximate surface area is 158 Å². The van der Waals surface area contributed by atoms with Crippen molar-refractivity contribution in [1.82, 2.24) is 20.0 Å². The minimum atomic E-state index is 0.0422. The van der Waals surface area contributed by atoms with Crippen molar-refractivity contribution >= 4 is 5.91 Å². The van der Waals surface area contributed by atoms with Crippen LogP contribution in [-0.2, 0) is 5.41 Å². The van der Waals surface area contributed by atoms with Crippen molar-refractivity contribution in [3.63, 3.8) is 0 Å². The summed E-state index contributed by atoms with van der Waals surface area (Å²) in [5.41, 5.74) is 2.87. The Morgan fingerprint density at radius 3 is 2.37 bits per heavy atom. The Hall–Kier alpha value is -3.02. The van der Waals surface area contributed by atoms with E-state index in [2.05, 4.69) is 35.9 Å². The Morgan fingerprint density at radius 1 is 1.07 bits per heavy atom. The van der Waals surface area contributed by atoms with Crippen LogP contribution in [-0.4, -0.2) is 39.0 Å². The normalized spacial score (nSPS) is 14.9. The van der Waals surface area contributed by atoms with Gasteiger partial charge in [-0.2, -0.15) is 4.98 Å². The first-order valence-electron chi connectivity index (χ1n) is 9.05. The topological polar surface area (TPSA) is 72.1 Å². The van der Waals surface area contributed by atoms with E-state index in [0.29, 0.717) is 30.4 Å². The Morgan fingerprint density at radius 2 is 1.74 bits per heavy atom. The summed E-state index contributed by atoms with van der Waals surface area (Å²) >= 11 is 0. The zero-order valence-electron chi connectivity index (χ0n) is 15.7. The van der Waals surface area contributed by atoms with Crippen molar-refractivity contribution in [1.29, 1.82) is 0 Å². The molecule has 0 aliphatic carbocycles. The van der Waals surface area contributed by atoms with Gasteiger partial charge in [-0.15, -0.1) is 0 Å². The first-order chi connectivity index (χ1) is 12.9. The second kappa shape index (κ2) is 6.61. The molecule has 1 saturated heterocycles. The van der Waals surface area contributed by atoms with Crippen molar-refractivity contribution in [2.24, 2.45) is 0 Å². The van der Waals surface area contributed by atoms with Gasteiger partial charge in [0.2, 0.25) is 11.7 Å². The first kappa shape index (κ1) is 17.4. The zero-order chi connectivity index (χ0) is 19.0. The van der Waals surface area contributed by atoms with E-state index in [1.165, 1.54) is 5.56 Å². The van der Waals surface area contributed by atoms with Gasteiger partial charge in [0.15, 0.2) is 0 Å². The van der Waals surface area contributed by atoms with Gasteiger partial charge in [0.1, 0.15) is 0 Å². The summed E-state index contributed by atoms with van der Waals surface area (Å²) in [7, 11) is 0. The fraction of sp³-hybridized carbons (Fsp3) is 0.333. The smallest absolute Gasteiger partial charge is 0.253 e. The molecule has 1 aromatic carbocycles. The molecule has 138 valence electrons. The lowest BCUT2D eigenvalue weighted by atomic mass is 9.86. The molecular formula is C21H22N4O2. The third-order valence-corrected chi connectivity index (χ3v) is 4.90. The summed E-state index contributed by atoms with van der Waals surface area (Å²) in [5.74, 6) is 1.26. The van der Waals surface area contributed by atoms with Crippen LogP contribution in [0.1, 0.15) is 48.5 Å². The summed E-state index contributed by atoms with van der Waals surface area (Å²) in [5, 5.41) is 4.03. The third-order valence-electron chi connectivity index (χ3n) is 4.90. The maximum Gasteiger partial charge on any atom is 0.253 e. The molecule has 1 amide bonds. The van der Waals surface area contributed by atoms with Crippen LogP contribution in [0.3, 0.4) is 0 Å². The summed E-state index contributed by atoms with van der Waals surface area (Å²) in [4.78, 5) is 22.9. The van der Waals surface area contributed by atoms with Crippen molar-refractivity contribution in [2.75, 3.05) is 13.1 Å². The molecule has 1 fully saturated rings. The van der Waals surface area contributed by atoms with Crippen LogP contribution < -0.4 is 0 Å². The van der Waals surface area contributed by atoms with E-state index in [9.17, 15) is 4.79 Å². The van der Waals surface area contributed by atoms with Gasteiger partial charge in [0, 0.05) is 36.6 Å². The second-order valence-electron chi connectivity index (χ2n) is 7.93. The van der Waals surface area contributed by atoms with E-state index in [1.807, 2.05) is 41.3 Å². The highest BCUT2D eigenvalue weighted by Crippen LogP contribution is 2.29. The lowest BCUT2D eigenvalue weighted by Gasteiger charge is -2.37. The summed E-state index contributed by atoms with van der Waals surface area (Å²) < 4.78 is 5.39. The van der Waals surface area contributed by atoms with Crippen molar-refractivity contribution in [3.05, 3.63) is 65.8 Å². The molecule has 0 bridgehead atoms. The molecule has 0 radical (unpaired) electrons. The number of pyridine rings is 1. The molecule has 1 aliphatic heterocycles. The van der Waals surface area contributed by atoms with Gasteiger partial charge < -0.3 is 9.42 Å². The third kappa shape index (κ3) is 3.47. The van der Waals surface area contributed by atoms with E-state index in [4.69, 9.17) is 4.52 Å². The summed E-state index contributed by atoms with van der Waals surface area (Å²) in [6, 6.07) is 11.6. The number of carbonyl (C=O) groups excluding carboxylic acids is 1. The van der Waals surface area contributed by atoms with Crippen LogP contribution >= 0.6 is 0 Å². The number of carbonyl (C=O) groups is 1. The molecule has 0 N–H and O–H groups in total. The highest BCUT2D eigenvalue weighted by molar-refractivity contribution is 5.94. The fourth-order valence-electron chi connectivity index (χ4n) is 3.12. The number of benzene rings is 1. The van der Waals surface area contributed by atoms with Gasteiger partial charge in [-0.3, -0.25) is 9.78 Å². The first-order valence-corrected chi connectivity index (χ1v) is 9.05. The number of hydrogen-bond acceptors (Lipinski definition) is 5. The van der Waals surface area contributed by atoms with E-state index in [0.717, 1.165) is 5.56 Å². The number of aromatic nitrogens is 3. The minimum Gasteiger partial charge on any atom is -0.339 e. The highest BCUT2D eigenvalue weighted by atomic mass is 16.5. The van der Waals surface area contributed by atoms with Crippen LogP contribution in [0.25, 0.3) is 11.4 Å². The van der Waals surface area contributed by atoms with Gasteiger partial charge >= 0.3 is 0 Å². The second-order valence-corrected chi connectivity index (χ2v) is 7.93. The molecule has 27 heavy (non-hydrogen) atoms. The molecule has 0 spiro atoms. The standard InChI is InChI=1S/C21H22N4O2/c1-21(2,3)17-6-4-15(5-7-17)20(26)25-12-16(13-25)19-23-18(24-27-19)14-8-10-22-11-9-14/h4-11,16H,12-13H2,1-3H3. The van der Waals surface area contributed by atoms with E-state index >= 15 is 0 Å². The minimum absolute atomic E-state index is 0.0422. The van der Waals surface area contributed by atoms with Crippen LogP contribution in [0.2, 0.25) is 0 Å². The largest absolute Gasteiger partial charge is 0.339 e. The average molecular weight is 362 g/mol. The number of nitrogens with zero attached hydrogens (tertiary/aromatic N) is 4. The lowest BCUT2D eigenvalue weighted by molar-refractivity contribution is 0.0569. The average Bonchev–Trinajstić information content (AvgIpc) is 3.10. The van der Waals surface area contributed by atoms with Crippen LogP contribution in [0.5, 0.6) is 0 Å². The molecule has 0 saturated carbocycles. The van der Waals surface area contributed by atoms with E-state index in [-0.39, 0.29) is 17.2 Å². The number of amides is 1. The number of hydrogen-bond donors (Lipinski definition) is 0. The Kier molecular flexibility index (Phi) is 4.26. The van der Waals surface area contributed by atoms with E-state index < -0.39 is 0 Å². The molecule has 4 rings (SSSR count). The fourth-order valence-corrected chi connectivity index (χ4v) is 3.12. The molecule has 0 atom stereocenters. The maximum absolute atomic E-state index is 12.6. The zero-order valence-corrected chi connectivity index (χ0v) is 15.7. The summed E-state index contributed by atoms with van der Waals surface area (Å²) in [6.07, 6.45) is 3.39. The van der Waals surface area contributed by atoms with Gasteiger partial charge in [-0.1, -0.05) is 38.1 Å². The molecule has 1 aliphatic rings. The molecule has 3 aromatic rings. The van der Waals surface area contributed by atoms with Crippen LogP contribution in [0.4, 0.5) is 0 Å². The SMILES string of the molecule is CC(C)(C)c1ccc(C(=O)N2CC(c3nc(-c4ccncc4)no3)C2)cc1. The van der Waals surface area contributed by atoms with E-state index in [1.54, 1.807) is 12.4 Å². The molecule has 6 heteroatoms. The van der Waals surface area contributed by atoms with Gasteiger partial charge in [-0.05, 0) is 35.2 Å². The number of rotatable bonds is 3. The molecular weight excluding hydrogens is 340 g/mol. The lowest BCUT2D eigenvalue weighted by Crippen LogP contribution is -2.48. The molecule has 2 aromatic heterocycles. The summed E-state index contributed by atoms with van der Waals surface area (Å²) in [6.45, 7) is 7.67. The molecule has 6 nitrogen and oxygen atoms in total. The predicted octanol–water partition coefficient (Wildman–Crippen LogP) is 3.67. The molecule has 3 heterocycles. The quantitative estimate of drug-likeness (QED) is 0.711.